The molecule has 2 nitrogen and oxygen atoms in total. The molecule has 1 aromatic heterocycles. The van der Waals surface area contributed by atoms with E-state index in [1.165, 1.54) is 5.56 Å². The van der Waals surface area contributed by atoms with Crippen LogP contribution in [0.5, 0.6) is 0 Å². The first kappa shape index (κ1) is 17.5. The summed E-state index contributed by atoms with van der Waals surface area (Å²) >= 11 is 0. The number of hydrogen-bond acceptors (Lipinski definition) is 0. The van der Waals surface area contributed by atoms with Crippen molar-refractivity contribution in [2.75, 3.05) is 6.54 Å². The summed E-state index contributed by atoms with van der Waals surface area (Å²) in [6.45, 7) is 8.64. The molecule has 0 aliphatic carbocycles. The van der Waals surface area contributed by atoms with E-state index in [1.54, 1.807) is 0 Å². The standard InChI is InChI=1S/C11H19N2.2BrH/c1-11(2,3)10-4-7-13(8-5-10)9-6-12;;/h4-5,7-8H,6,9,12H2,1-3H3;2*1H/q+1;;/p-1. The van der Waals surface area contributed by atoms with Gasteiger partial charge in [0.05, 0.1) is 0 Å². The van der Waals surface area contributed by atoms with Crippen LogP contribution in [0.2, 0.25) is 0 Å². The average Bonchev–Trinajstić information content (AvgIpc) is 2.04. The summed E-state index contributed by atoms with van der Waals surface area (Å²) < 4.78 is 2.17. The summed E-state index contributed by atoms with van der Waals surface area (Å²) in [5.41, 5.74) is 5.47. The first-order valence-electron chi connectivity index (χ1n) is 4.83. The van der Waals surface area contributed by atoms with Gasteiger partial charge in [0, 0.05) is 12.1 Å². The molecule has 0 aliphatic rings. The minimum atomic E-state index is 0. The minimum Gasteiger partial charge on any atom is -1.00 e. The topological polar surface area (TPSA) is 31.5 Å². The Balaban J connectivity index is 0. The van der Waals surface area contributed by atoms with Crippen LogP contribution in [0, 0.1) is 0 Å². The van der Waals surface area contributed by atoms with E-state index < -0.39 is 0 Å². The zero-order chi connectivity index (χ0) is 9.90. The molecule has 0 saturated carbocycles. The van der Waals surface area contributed by atoms with Gasteiger partial charge in [0.1, 0.15) is 6.54 Å². The van der Waals surface area contributed by atoms with Crippen molar-refractivity contribution in [2.24, 2.45) is 0 Å². The SMILES string of the molecule is CC(C)(C)c1cc[n+](CC[NH3+])cc1.[Br-].[Br-]. The van der Waals surface area contributed by atoms with E-state index >= 15 is 0 Å². The highest BCUT2D eigenvalue weighted by Crippen LogP contribution is 2.19. The van der Waals surface area contributed by atoms with Crippen LogP contribution in [-0.2, 0) is 12.0 Å². The molecule has 0 atom stereocenters. The highest BCUT2D eigenvalue weighted by atomic mass is 79.9. The molecule has 1 aromatic rings. The number of nitrogens with zero attached hydrogens (tertiary/aromatic N) is 1. The first-order valence-corrected chi connectivity index (χ1v) is 4.83. The van der Waals surface area contributed by atoms with Crippen LogP contribution in [-0.4, -0.2) is 6.54 Å². The number of hydrogen-bond donors (Lipinski definition) is 1. The second-order valence-electron chi connectivity index (χ2n) is 4.43. The van der Waals surface area contributed by atoms with Gasteiger partial charge in [0.25, 0.3) is 0 Å². The third-order valence-corrected chi connectivity index (χ3v) is 2.17. The lowest BCUT2D eigenvalue weighted by atomic mass is 9.88. The molecule has 0 aliphatic heterocycles. The molecule has 0 amide bonds. The minimum absolute atomic E-state index is 0. The molecular weight excluding hydrogens is 320 g/mol. The molecule has 0 spiro atoms. The van der Waals surface area contributed by atoms with Crippen LogP contribution >= 0.6 is 0 Å². The first-order chi connectivity index (χ1) is 6.04. The van der Waals surface area contributed by atoms with Crippen LogP contribution < -0.4 is 44.3 Å². The van der Waals surface area contributed by atoms with Gasteiger partial charge in [-0.3, -0.25) is 0 Å². The summed E-state index contributed by atoms with van der Waals surface area (Å²) in [6.07, 6.45) is 4.26. The van der Waals surface area contributed by atoms with E-state index in [2.05, 4.69) is 55.6 Å². The summed E-state index contributed by atoms with van der Waals surface area (Å²) in [6, 6.07) is 4.38. The number of halogens is 2. The maximum absolute atomic E-state index is 3.83. The Labute approximate surface area is 113 Å². The van der Waals surface area contributed by atoms with Crippen LogP contribution in [0.15, 0.2) is 24.5 Å². The number of quaternary nitrogens is 1. The molecule has 1 heterocycles. The molecule has 15 heavy (non-hydrogen) atoms. The average molecular weight is 340 g/mol. The van der Waals surface area contributed by atoms with Gasteiger partial charge in [-0.25, -0.2) is 0 Å². The van der Waals surface area contributed by atoms with Crippen molar-refractivity contribution >= 4 is 0 Å². The second kappa shape index (κ2) is 7.36. The normalized spacial score (nSPS) is 10.1. The fourth-order valence-corrected chi connectivity index (χ4v) is 1.29. The summed E-state index contributed by atoms with van der Waals surface area (Å²) in [4.78, 5) is 0. The zero-order valence-electron chi connectivity index (χ0n) is 9.63. The summed E-state index contributed by atoms with van der Waals surface area (Å²) in [5, 5.41) is 0. The maximum Gasteiger partial charge on any atom is 0.196 e. The van der Waals surface area contributed by atoms with E-state index in [1.807, 2.05) is 0 Å². The van der Waals surface area contributed by atoms with E-state index in [0.717, 1.165) is 13.1 Å². The summed E-state index contributed by atoms with van der Waals surface area (Å²) in [5.74, 6) is 0. The van der Waals surface area contributed by atoms with Gasteiger partial charge in [-0.05, 0) is 11.0 Å². The molecule has 88 valence electrons. The molecule has 0 aromatic carbocycles. The fraction of sp³-hybridized carbons (Fsp3) is 0.545. The smallest absolute Gasteiger partial charge is 0.196 e. The molecule has 3 N–H and O–H groups in total. The predicted octanol–water partition coefficient (Wildman–Crippen LogP) is -5.48. The number of rotatable bonds is 2. The van der Waals surface area contributed by atoms with Crippen molar-refractivity contribution in [1.29, 1.82) is 0 Å². The van der Waals surface area contributed by atoms with Crippen LogP contribution in [0.3, 0.4) is 0 Å². The summed E-state index contributed by atoms with van der Waals surface area (Å²) in [7, 11) is 0. The quantitative estimate of drug-likeness (QED) is 0.521. The third kappa shape index (κ3) is 5.64. The Morgan fingerprint density at radius 3 is 1.93 bits per heavy atom. The highest BCUT2D eigenvalue weighted by molar-refractivity contribution is 5.17. The van der Waals surface area contributed by atoms with Gasteiger partial charge in [0.15, 0.2) is 18.9 Å². The molecular formula is C11H20Br2N2. The van der Waals surface area contributed by atoms with Crippen LogP contribution in [0.4, 0.5) is 0 Å². The van der Waals surface area contributed by atoms with E-state index in [0.29, 0.717) is 0 Å². The lowest BCUT2D eigenvalue weighted by Gasteiger charge is -2.17. The Morgan fingerprint density at radius 1 is 1.13 bits per heavy atom. The Hall–Kier alpha value is 0.0700. The van der Waals surface area contributed by atoms with Gasteiger partial charge in [0.2, 0.25) is 0 Å². The van der Waals surface area contributed by atoms with Gasteiger partial charge >= 0.3 is 0 Å². The van der Waals surface area contributed by atoms with Crippen LogP contribution in [0.1, 0.15) is 26.3 Å². The molecule has 0 unspecified atom stereocenters. The largest absolute Gasteiger partial charge is 1.00 e. The highest BCUT2D eigenvalue weighted by Gasteiger charge is 2.14. The van der Waals surface area contributed by atoms with E-state index in [9.17, 15) is 0 Å². The van der Waals surface area contributed by atoms with Crippen molar-refractivity contribution in [3.05, 3.63) is 30.1 Å². The number of pyridine rings is 1. The van der Waals surface area contributed by atoms with Crippen molar-refractivity contribution in [3.8, 4) is 0 Å². The second-order valence-corrected chi connectivity index (χ2v) is 4.43. The third-order valence-electron chi connectivity index (χ3n) is 2.17. The zero-order valence-corrected chi connectivity index (χ0v) is 12.8. The van der Waals surface area contributed by atoms with Crippen molar-refractivity contribution in [2.45, 2.75) is 32.7 Å². The Bertz CT molecular complexity index is 265. The van der Waals surface area contributed by atoms with Crippen molar-refractivity contribution < 1.29 is 44.3 Å². The molecule has 0 saturated heterocycles. The Morgan fingerprint density at radius 2 is 1.60 bits per heavy atom. The van der Waals surface area contributed by atoms with Crippen molar-refractivity contribution in [1.82, 2.24) is 0 Å². The van der Waals surface area contributed by atoms with Crippen LogP contribution in [0.25, 0.3) is 0 Å². The lowest BCUT2D eigenvalue weighted by Crippen LogP contribution is -3.00. The molecule has 0 bridgehead atoms. The monoisotopic (exact) mass is 338 g/mol. The van der Waals surface area contributed by atoms with Gasteiger partial charge in [-0.2, -0.15) is 4.57 Å². The van der Waals surface area contributed by atoms with Gasteiger partial charge in [-0.1, -0.05) is 20.8 Å². The molecule has 0 radical (unpaired) electrons. The fourth-order valence-electron chi connectivity index (χ4n) is 1.29. The van der Waals surface area contributed by atoms with Gasteiger partial charge in [-0.15, -0.1) is 0 Å². The predicted molar refractivity (Wildman–Crippen MR) is 53.1 cm³/mol. The van der Waals surface area contributed by atoms with E-state index in [4.69, 9.17) is 0 Å². The Kier molecular flexibility index (Phi) is 8.57. The molecule has 0 fully saturated rings. The lowest BCUT2D eigenvalue weighted by molar-refractivity contribution is -0.711. The maximum atomic E-state index is 3.83. The van der Waals surface area contributed by atoms with E-state index in [-0.39, 0.29) is 39.4 Å². The van der Waals surface area contributed by atoms with Gasteiger partial charge < -0.3 is 39.7 Å². The molecule has 4 heteroatoms. The number of aromatic nitrogens is 1. The molecule has 1 rings (SSSR count). The van der Waals surface area contributed by atoms with Crippen molar-refractivity contribution in [3.63, 3.8) is 0 Å².